The molecule has 1 saturated heterocycles. The van der Waals surface area contributed by atoms with Crippen molar-refractivity contribution in [3.8, 4) is 0 Å². The van der Waals surface area contributed by atoms with Crippen molar-refractivity contribution in [2.24, 2.45) is 4.99 Å². The van der Waals surface area contributed by atoms with Gasteiger partial charge in [0.05, 0.1) is 25.4 Å². The summed E-state index contributed by atoms with van der Waals surface area (Å²) >= 11 is 0. The van der Waals surface area contributed by atoms with Crippen LogP contribution >= 0.6 is 0 Å². The van der Waals surface area contributed by atoms with Crippen LogP contribution in [0.5, 0.6) is 0 Å². The van der Waals surface area contributed by atoms with Crippen LogP contribution in [0.1, 0.15) is 27.7 Å². The lowest BCUT2D eigenvalue weighted by atomic mass is 10.0. The maximum absolute atomic E-state index is 6.04. The van der Waals surface area contributed by atoms with Crippen molar-refractivity contribution < 1.29 is 9.47 Å². The summed E-state index contributed by atoms with van der Waals surface area (Å²) < 4.78 is 11.4. The van der Waals surface area contributed by atoms with Crippen LogP contribution in [0.15, 0.2) is 4.99 Å². The Bertz CT molecular complexity index is 283. The van der Waals surface area contributed by atoms with Crippen LogP contribution in [0.2, 0.25) is 0 Å². The first-order valence-corrected chi connectivity index (χ1v) is 6.09. The van der Waals surface area contributed by atoms with Gasteiger partial charge in [0.2, 0.25) is 0 Å². The van der Waals surface area contributed by atoms with Gasteiger partial charge in [0, 0.05) is 13.1 Å². The smallest absolute Gasteiger partial charge is 0.132 e. The highest BCUT2D eigenvalue weighted by molar-refractivity contribution is 5.90. The molecule has 0 radical (unpaired) electrons. The van der Waals surface area contributed by atoms with E-state index < -0.39 is 0 Å². The van der Waals surface area contributed by atoms with Crippen molar-refractivity contribution >= 4 is 5.84 Å². The molecule has 2 atom stereocenters. The minimum atomic E-state index is -0.275. The average Bonchev–Trinajstić information content (AvgIpc) is 2.24. The van der Waals surface area contributed by atoms with Crippen molar-refractivity contribution in [3.05, 3.63) is 0 Å². The first kappa shape index (κ1) is 11.9. The minimum absolute atomic E-state index is 0.194. The Balaban J connectivity index is 2.19. The zero-order valence-electron chi connectivity index (χ0n) is 10.7. The van der Waals surface area contributed by atoms with Crippen molar-refractivity contribution in [3.63, 3.8) is 0 Å². The van der Waals surface area contributed by atoms with E-state index in [9.17, 15) is 0 Å². The monoisotopic (exact) mass is 226 g/mol. The van der Waals surface area contributed by atoms with E-state index in [4.69, 9.17) is 14.5 Å². The van der Waals surface area contributed by atoms with Crippen LogP contribution < -0.4 is 0 Å². The second-order valence-corrected chi connectivity index (χ2v) is 5.13. The van der Waals surface area contributed by atoms with Crippen LogP contribution in [0.4, 0.5) is 0 Å². The van der Waals surface area contributed by atoms with Crippen LogP contribution in [-0.2, 0) is 9.47 Å². The highest BCUT2D eigenvalue weighted by Gasteiger charge is 2.38. The van der Waals surface area contributed by atoms with E-state index in [-0.39, 0.29) is 17.7 Å². The Labute approximate surface area is 97.6 Å². The van der Waals surface area contributed by atoms with Gasteiger partial charge < -0.3 is 14.4 Å². The number of rotatable bonds is 0. The van der Waals surface area contributed by atoms with Gasteiger partial charge in [0.25, 0.3) is 0 Å². The standard InChI is InChI=1S/C12H22N2O2/c1-9-10(2)16-12(3,4)11(13-9)14-5-7-15-8-6-14/h9-10H,5-8H2,1-4H3. The number of morpholine rings is 1. The van der Waals surface area contributed by atoms with Gasteiger partial charge in [-0.25, -0.2) is 0 Å². The zero-order valence-corrected chi connectivity index (χ0v) is 10.7. The van der Waals surface area contributed by atoms with Crippen molar-refractivity contribution in [2.45, 2.75) is 45.4 Å². The molecule has 0 saturated carbocycles. The van der Waals surface area contributed by atoms with E-state index in [1.54, 1.807) is 0 Å². The molecular formula is C12H22N2O2. The summed E-state index contributed by atoms with van der Waals surface area (Å²) in [5, 5.41) is 0. The van der Waals surface area contributed by atoms with Crippen molar-refractivity contribution in [2.75, 3.05) is 26.3 Å². The van der Waals surface area contributed by atoms with Crippen LogP contribution in [0, 0.1) is 0 Å². The molecule has 2 rings (SSSR count). The fourth-order valence-electron chi connectivity index (χ4n) is 2.31. The maximum atomic E-state index is 6.04. The molecular weight excluding hydrogens is 204 g/mol. The quantitative estimate of drug-likeness (QED) is 0.624. The maximum Gasteiger partial charge on any atom is 0.132 e. The zero-order chi connectivity index (χ0) is 11.8. The van der Waals surface area contributed by atoms with Gasteiger partial charge >= 0.3 is 0 Å². The number of hydrogen-bond donors (Lipinski definition) is 0. The van der Waals surface area contributed by atoms with E-state index in [0.29, 0.717) is 0 Å². The second kappa shape index (κ2) is 4.34. The van der Waals surface area contributed by atoms with Gasteiger partial charge in [0.1, 0.15) is 11.4 Å². The first-order valence-electron chi connectivity index (χ1n) is 6.09. The number of aliphatic imine (C=N–C) groups is 1. The van der Waals surface area contributed by atoms with Crippen molar-refractivity contribution in [1.82, 2.24) is 4.90 Å². The predicted octanol–water partition coefficient (Wildman–Crippen LogP) is 1.30. The minimum Gasteiger partial charge on any atom is -0.378 e. The molecule has 0 spiro atoms. The molecule has 0 bridgehead atoms. The summed E-state index contributed by atoms with van der Waals surface area (Å²) in [5.41, 5.74) is -0.275. The van der Waals surface area contributed by atoms with E-state index >= 15 is 0 Å². The Hall–Kier alpha value is -0.610. The molecule has 4 nitrogen and oxygen atoms in total. The molecule has 2 aliphatic rings. The summed E-state index contributed by atoms with van der Waals surface area (Å²) in [6.07, 6.45) is 0.194. The molecule has 2 unspecified atom stereocenters. The SMILES string of the molecule is CC1N=C(N2CCOCC2)C(C)(C)OC1C. The summed E-state index contributed by atoms with van der Waals surface area (Å²) in [4.78, 5) is 7.10. The largest absolute Gasteiger partial charge is 0.378 e. The summed E-state index contributed by atoms with van der Waals surface area (Å²) in [6.45, 7) is 11.8. The average molecular weight is 226 g/mol. The molecule has 0 aromatic rings. The molecule has 0 aromatic carbocycles. The highest BCUT2D eigenvalue weighted by Crippen LogP contribution is 2.25. The van der Waals surface area contributed by atoms with Crippen LogP contribution in [0.3, 0.4) is 0 Å². The fourth-order valence-corrected chi connectivity index (χ4v) is 2.31. The molecule has 0 amide bonds. The van der Waals surface area contributed by atoms with E-state index in [0.717, 1.165) is 32.1 Å². The highest BCUT2D eigenvalue weighted by atomic mass is 16.5. The van der Waals surface area contributed by atoms with E-state index in [2.05, 4.69) is 32.6 Å². The van der Waals surface area contributed by atoms with E-state index in [1.807, 2.05) is 0 Å². The summed E-state index contributed by atoms with van der Waals surface area (Å²) in [6, 6.07) is 0.242. The molecule has 0 aliphatic carbocycles. The molecule has 0 N–H and O–H groups in total. The van der Waals surface area contributed by atoms with Gasteiger partial charge in [0.15, 0.2) is 0 Å². The third kappa shape index (κ3) is 2.23. The van der Waals surface area contributed by atoms with Gasteiger partial charge in [-0.05, 0) is 27.7 Å². The number of hydrogen-bond acceptors (Lipinski definition) is 4. The lowest BCUT2D eigenvalue weighted by Gasteiger charge is -2.43. The van der Waals surface area contributed by atoms with Crippen LogP contribution in [0.25, 0.3) is 0 Å². The predicted molar refractivity (Wildman–Crippen MR) is 63.9 cm³/mol. The Morgan fingerprint density at radius 1 is 1.25 bits per heavy atom. The second-order valence-electron chi connectivity index (χ2n) is 5.13. The molecule has 4 heteroatoms. The number of amidine groups is 1. The molecule has 92 valence electrons. The Kier molecular flexibility index (Phi) is 3.22. The number of ether oxygens (including phenoxy) is 2. The summed E-state index contributed by atoms with van der Waals surface area (Å²) in [7, 11) is 0. The van der Waals surface area contributed by atoms with Gasteiger partial charge in [-0.1, -0.05) is 0 Å². The molecule has 16 heavy (non-hydrogen) atoms. The van der Waals surface area contributed by atoms with Crippen molar-refractivity contribution in [1.29, 1.82) is 0 Å². The van der Waals surface area contributed by atoms with Gasteiger partial charge in [-0.3, -0.25) is 4.99 Å². The fraction of sp³-hybridized carbons (Fsp3) is 0.917. The lowest BCUT2D eigenvalue weighted by molar-refractivity contribution is -0.0510. The first-order chi connectivity index (χ1) is 7.50. The Morgan fingerprint density at radius 3 is 2.50 bits per heavy atom. The normalized spacial score (nSPS) is 34.8. The molecule has 1 fully saturated rings. The summed E-state index contributed by atoms with van der Waals surface area (Å²) in [5.74, 6) is 1.08. The topological polar surface area (TPSA) is 34.1 Å². The molecule has 2 heterocycles. The van der Waals surface area contributed by atoms with E-state index in [1.165, 1.54) is 0 Å². The van der Waals surface area contributed by atoms with Gasteiger partial charge in [-0.2, -0.15) is 0 Å². The number of nitrogens with zero attached hydrogens (tertiary/aromatic N) is 2. The molecule has 0 aromatic heterocycles. The van der Waals surface area contributed by atoms with Gasteiger partial charge in [-0.15, -0.1) is 0 Å². The third-order valence-electron chi connectivity index (χ3n) is 3.33. The third-order valence-corrected chi connectivity index (χ3v) is 3.33. The van der Waals surface area contributed by atoms with Crippen LogP contribution in [-0.4, -0.2) is 54.8 Å². The lowest BCUT2D eigenvalue weighted by Crippen LogP contribution is -2.56. The molecule has 2 aliphatic heterocycles. The Morgan fingerprint density at radius 2 is 1.88 bits per heavy atom.